The van der Waals surface area contributed by atoms with E-state index in [1.807, 2.05) is 6.92 Å². The fourth-order valence-corrected chi connectivity index (χ4v) is 2.30. The number of carbonyl (C=O) groups excluding carboxylic acids is 1. The maximum Gasteiger partial charge on any atom is 0.287 e. The Morgan fingerprint density at radius 2 is 1.96 bits per heavy atom. The number of furan rings is 1. The van der Waals surface area contributed by atoms with Crippen LogP contribution in [0.1, 0.15) is 55.0 Å². The Bertz CT molecular complexity index is 770. The maximum atomic E-state index is 11.9. The van der Waals surface area contributed by atoms with E-state index in [1.165, 1.54) is 6.26 Å². The Morgan fingerprint density at radius 3 is 2.56 bits per heavy atom. The van der Waals surface area contributed by atoms with E-state index in [4.69, 9.17) is 8.83 Å². The lowest BCUT2D eigenvalue weighted by atomic mass is 9.94. The molecule has 0 bridgehead atoms. The van der Waals surface area contributed by atoms with Crippen LogP contribution in [0.4, 0.5) is 0 Å². The number of guanidine groups is 1. The van der Waals surface area contributed by atoms with E-state index in [9.17, 15) is 4.79 Å². The number of nitrogens with zero attached hydrogens (tertiary/aromatic N) is 2. The summed E-state index contributed by atoms with van der Waals surface area (Å²) in [6.45, 7) is 9.73. The second-order valence-corrected chi connectivity index (χ2v) is 7.26. The maximum absolute atomic E-state index is 11.9. The molecule has 2 heterocycles. The number of nitrogens with one attached hydrogen (secondary N) is 3. The molecular weight excluding hydrogens is 346 g/mol. The zero-order valence-corrected chi connectivity index (χ0v) is 16.7. The number of aryl methyl sites for hydroxylation is 1. The summed E-state index contributed by atoms with van der Waals surface area (Å²) >= 11 is 0. The van der Waals surface area contributed by atoms with Gasteiger partial charge in [0.1, 0.15) is 5.76 Å². The monoisotopic (exact) mass is 375 g/mol. The third-order valence-corrected chi connectivity index (χ3v) is 3.92. The van der Waals surface area contributed by atoms with Gasteiger partial charge in [-0.3, -0.25) is 9.79 Å². The standard InChI is InChI=1S/C19H29N5O3/c1-13-7-10-26-16(13)17(25)21-8-6-9-22-18(20-5)24-12-15-23-11-14(27-15)19(2,3)4/h7,10-11H,6,8-9,12H2,1-5H3,(H,21,25)(H2,20,22,24). The third kappa shape index (κ3) is 6.16. The molecule has 0 unspecified atom stereocenters. The first-order chi connectivity index (χ1) is 12.8. The van der Waals surface area contributed by atoms with Crippen LogP contribution in [-0.2, 0) is 12.0 Å². The number of aromatic nitrogens is 1. The molecule has 0 radical (unpaired) electrons. The van der Waals surface area contributed by atoms with E-state index in [0.29, 0.717) is 37.2 Å². The Hall–Kier alpha value is -2.77. The van der Waals surface area contributed by atoms with Gasteiger partial charge in [-0.1, -0.05) is 20.8 Å². The van der Waals surface area contributed by atoms with Gasteiger partial charge in [-0.15, -0.1) is 0 Å². The molecule has 27 heavy (non-hydrogen) atoms. The Balaban J connectivity index is 1.66. The summed E-state index contributed by atoms with van der Waals surface area (Å²) in [6, 6.07) is 1.77. The first kappa shape index (κ1) is 20.5. The molecule has 2 aromatic heterocycles. The number of oxazole rings is 1. The lowest BCUT2D eigenvalue weighted by Crippen LogP contribution is -2.38. The van der Waals surface area contributed by atoms with Gasteiger partial charge in [-0.25, -0.2) is 4.98 Å². The molecule has 0 aliphatic rings. The lowest BCUT2D eigenvalue weighted by Gasteiger charge is -2.13. The highest BCUT2D eigenvalue weighted by atomic mass is 16.4. The molecule has 0 atom stereocenters. The molecule has 2 aromatic rings. The molecule has 0 saturated heterocycles. The average Bonchev–Trinajstić information content (AvgIpc) is 3.25. The zero-order valence-electron chi connectivity index (χ0n) is 16.7. The van der Waals surface area contributed by atoms with Crippen LogP contribution in [0.5, 0.6) is 0 Å². The molecule has 0 aliphatic heterocycles. The molecule has 8 heteroatoms. The molecule has 1 amide bonds. The summed E-state index contributed by atoms with van der Waals surface area (Å²) in [6.07, 6.45) is 4.02. The molecule has 0 spiro atoms. The number of hydrogen-bond donors (Lipinski definition) is 3. The van der Waals surface area contributed by atoms with Gasteiger partial charge in [0, 0.05) is 31.1 Å². The fourth-order valence-electron chi connectivity index (χ4n) is 2.30. The summed E-state index contributed by atoms with van der Waals surface area (Å²) in [7, 11) is 1.70. The van der Waals surface area contributed by atoms with Crippen molar-refractivity contribution in [1.82, 2.24) is 20.9 Å². The van der Waals surface area contributed by atoms with E-state index >= 15 is 0 Å². The van der Waals surface area contributed by atoms with Gasteiger partial charge in [0.15, 0.2) is 11.7 Å². The van der Waals surface area contributed by atoms with E-state index in [0.717, 1.165) is 17.7 Å². The van der Waals surface area contributed by atoms with Crippen LogP contribution in [0.3, 0.4) is 0 Å². The number of carbonyl (C=O) groups is 1. The van der Waals surface area contributed by atoms with Crippen molar-refractivity contribution < 1.29 is 13.6 Å². The van der Waals surface area contributed by atoms with Crippen molar-refractivity contribution in [2.75, 3.05) is 20.1 Å². The van der Waals surface area contributed by atoms with Crippen molar-refractivity contribution in [1.29, 1.82) is 0 Å². The van der Waals surface area contributed by atoms with Crippen LogP contribution in [0.15, 0.2) is 32.4 Å². The van der Waals surface area contributed by atoms with Gasteiger partial charge in [0.2, 0.25) is 5.89 Å². The Morgan fingerprint density at radius 1 is 1.22 bits per heavy atom. The largest absolute Gasteiger partial charge is 0.459 e. The van der Waals surface area contributed by atoms with Crippen LogP contribution >= 0.6 is 0 Å². The summed E-state index contributed by atoms with van der Waals surface area (Å²) in [5.74, 6) is 2.28. The molecule has 0 fully saturated rings. The SMILES string of the molecule is CN=C(NCCCNC(=O)c1occc1C)NCc1ncc(C(C)(C)C)o1. The van der Waals surface area contributed by atoms with Gasteiger partial charge >= 0.3 is 0 Å². The van der Waals surface area contributed by atoms with Crippen LogP contribution in [0.25, 0.3) is 0 Å². The molecule has 0 aliphatic carbocycles. The molecule has 3 N–H and O–H groups in total. The third-order valence-electron chi connectivity index (χ3n) is 3.92. The average molecular weight is 375 g/mol. The molecule has 0 saturated carbocycles. The van der Waals surface area contributed by atoms with E-state index < -0.39 is 0 Å². The van der Waals surface area contributed by atoms with Crippen LogP contribution in [0, 0.1) is 6.92 Å². The van der Waals surface area contributed by atoms with Crippen LogP contribution in [-0.4, -0.2) is 37.0 Å². The van der Waals surface area contributed by atoms with Gasteiger partial charge in [0.05, 0.1) is 19.0 Å². The number of amides is 1. The number of aliphatic imine (C=N–C) groups is 1. The first-order valence-electron chi connectivity index (χ1n) is 9.03. The summed E-state index contributed by atoms with van der Waals surface area (Å²) in [5, 5.41) is 9.19. The minimum atomic E-state index is -0.196. The summed E-state index contributed by atoms with van der Waals surface area (Å²) < 4.78 is 10.9. The van der Waals surface area contributed by atoms with E-state index in [2.05, 4.69) is 46.7 Å². The van der Waals surface area contributed by atoms with Crippen molar-refractivity contribution in [2.45, 2.75) is 46.1 Å². The normalized spacial score (nSPS) is 12.1. The molecule has 148 valence electrons. The second-order valence-electron chi connectivity index (χ2n) is 7.26. The summed E-state index contributed by atoms with van der Waals surface area (Å²) in [5.41, 5.74) is 0.764. The van der Waals surface area contributed by atoms with Gasteiger partial charge < -0.3 is 24.8 Å². The van der Waals surface area contributed by atoms with Crippen LogP contribution in [0.2, 0.25) is 0 Å². The van der Waals surface area contributed by atoms with Gasteiger partial charge in [-0.05, 0) is 19.4 Å². The Labute approximate surface area is 159 Å². The van der Waals surface area contributed by atoms with Crippen molar-refractivity contribution in [2.24, 2.45) is 4.99 Å². The topological polar surface area (TPSA) is 105 Å². The zero-order chi connectivity index (χ0) is 19.9. The predicted molar refractivity (Wildman–Crippen MR) is 104 cm³/mol. The smallest absolute Gasteiger partial charge is 0.287 e. The Kier molecular flexibility index (Phi) is 7.04. The molecular formula is C19H29N5O3. The highest BCUT2D eigenvalue weighted by Crippen LogP contribution is 2.22. The quantitative estimate of drug-likeness (QED) is 0.390. The fraction of sp³-hybridized carbons (Fsp3) is 0.526. The van der Waals surface area contributed by atoms with Crippen molar-refractivity contribution in [3.8, 4) is 0 Å². The predicted octanol–water partition coefficient (Wildman–Crippen LogP) is 2.36. The number of rotatable bonds is 7. The van der Waals surface area contributed by atoms with Gasteiger partial charge in [-0.2, -0.15) is 0 Å². The molecule has 2 rings (SSSR count). The first-order valence-corrected chi connectivity index (χ1v) is 9.03. The second kappa shape index (κ2) is 9.25. The highest BCUT2D eigenvalue weighted by molar-refractivity contribution is 5.92. The molecule has 0 aromatic carbocycles. The minimum absolute atomic E-state index is 0.0657. The lowest BCUT2D eigenvalue weighted by molar-refractivity contribution is 0.0925. The van der Waals surface area contributed by atoms with E-state index in [-0.39, 0.29) is 11.3 Å². The highest BCUT2D eigenvalue weighted by Gasteiger charge is 2.19. The number of hydrogen-bond acceptors (Lipinski definition) is 5. The molecule has 8 nitrogen and oxygen atoms in total. The van der Waals surface area contributed by atoms with Crippen molar-refractivity contribution in [3.05, 3.63) is 41.5 Å². The van der Waals surface area contributed by atoms with Crippen molar-refractivity contribution in [3.63, 3.8) is 0 Å². The minimum Gasteiger partial charge on any atom is -0.459 e. The summed E-state index contributed by atoms with van der Waals surface area (Å²) in [4.78, 5) is 20.4. The van der Waals surface area contributed by atoms with E-state index in [1.54, 1.807) is 19.3 Å². The van der Waals surface area contributed by atoms with Crippen LogP contribution < -0.4 is 16.0 Å². The van der Waals surface area contributed by atoms with Gasteiger partial charge in [0.25, 0.3) is 5.91 Å². The van der Waals surface area contributed by atoms with Crippen molar-refractivity contribution >= 4 is 11.9 Å².